The highest BCUT2D eigenvalue weighted by atomic mass is 79.9. The Labute approximate surface area is 109 Å². The van der Waals surface area contributed by atoms with Gasteiger partial charge in [-0.15, -0.1) is 0 Å². The lowest BCUT2D eigenvalue weighted by Gasteiger charge is -2.12. The maximum Gasteiger partial charge on any atom is 0.166 e. The first-order valence-electron chi connectivity index (χ1n) is 5.47. The SMILES string of the molecule is CCC(=O)c1c(OC)c(Br)cc2ccccc12. The number of carbonyl (C=O) groups is 1. The average molecular weight is 293 g/mol. The molecule has 88 valence electrons. The van der Waals surface area contributed by atoms with Crippen LogP contribution in [0.3, 0.4) is 0 Å². The molecule has 0 fully saturated rings. The van der Waals surface area contributed by atoms with E-state index in [1.54, 1.807) is 7.11 Å². The topological polar surface area (TPSA) is 26.3 Å². The summed E-state index contributed by atoms with van der Waals surface area (Å²) >= 11 is 3.45. The van der Waals surface area contributed by atoms with Gasteiger partial charge >= 0.3 is 0 Å². The van der Waals surface area contributed by atoms with Crippen molar-refractivity contribution in [2.75, 3.05) is 7.11 Å². The number of halogens is 1. The first-order valence-corrected chi connectivity index (χ1v) is 6.26. The predicted molar refractivity (Wildman–Crippen MR) is 72.8 cm³/mol. The van der Waals surface area contributed by atoms with Gasteiger partial charge in [-0.05, 0) is 32.8 Å². The van der Waals surface area contributed by atoms with E-state index >= 15 is 0 Å². The lowest BCUT2D eigenvalue weighted by Crippen LogP contribution is -2.02. The third-order valence-corrected chi connectivity index (χ3v) is 3.35. The van der Waals surface area contributed by atoms with Crippen LogP contribution in [0.15, 0.2) is 34.8 Å². The van der Waals surface area contributed by atoms with Crippen LogP contribution >= 0.6 is 15.9 Å². The molecule has 0 aliphatic heterocycles. The van der Waals surface area contributed by atoms with Crippen molar-refractivity contribution >= 4 is 32.5 Å². The molecule has 0 bridgehead atoms. The summed E-state index contributed by atoms with van der Waals surface area (Å²) in [5.41, 5.74) is 0.667. The number of ether oxygens (including phenoxy) is 1. The van der Waals surface area contributed by atoms with Crippen molar-refractivity contribution in [2.24, 2.45) is 0 Å². The van der Waals surface area contributed by atoms with Crippen LogP contribution in [0.2, 0.25) is 0 Å². The smallest absolute Gasteiger partial charge is 0.166 e. The van der Waals surface area contributed by atoms with Gasteiger partial charge in [-0.1, -0.05) is 31.2 Å². The van der Waals surface area contributed by atoms with Crippen LogP contribution < -0.4 is 4.74 Å². The maximum absolute atomic E-state index is 12.1. The lowest BCUT2D eigenvalue weighted by molar-refractivity contribution is 0.0987. The van der Waals surface area contributed by atoms with Gasteiger partial charge in [0.15, 0.2) is 5.78 Å². The van der Waals surface area contributed by atoms with Crippen molar-refractivity contribution in [3.63, 3.8) is 0 Å². The number of ketones is 1. The van der Waals surface area contributed by atoms with Gasteiger partial charge in [0.25, 0.3) is 0 Å². The fourth-order valence-corrected chi connectivity index (χ4v) is 2.55. The minimum atomic E-state index is 0.0966. The molecule has 0 amide bonds. The molecule has 0 saturated carbocycles. The second-order valence-corrected chi connectivity index (χ2v) is 4.62. The van der Waals surface area contributed by atoms with Gasteiger partial charge in [-0.3, -0.25) is 4.79 Å². The molecule has 17 heavy (non-hydrogen) atoms. The largest absolute Gasteiger partial charge is 0.495 e. The summed E-state index contributed by atoms with van der Waals surface area (Å²) in [6.07, 6.45) is 0.469. The zero-order valence-electron chi connectivity index (χ0n) is 9.79. The normalized spacial score (nSPS) is 10.5. The Kier molecular flexibility index (Phi) is 3.48. The Hall–Kier alpha value is -1.35. The standard InChI is InChI=1S/C14H13BrO2/c1-3-12(16)13-10-7-5-4-6-9(10)8-11(15)14(13)17-2/h4-8H,3H2,1-2H3. The highest BCUT2D eigenvalue weighted by Crippen LogP contribution is 2.36. The third kappa shape index (κ3) is 2.07. The van der Waals surface area contributed by atoms with E-state index in [0.29, 0.717) is 17.7 Å². The molecule has 0 unspecified atom stereocenters. The van der Waals surface area contributed by atoms with E-state index in [1.165, 1.54) is 0 Å². The molecule has 0 aromatic heterocycles. The number of hydrogen-bond acceptors (Lipinski definition) is 2. The van der Waals surface area contributed by atoms with Crippen LogP contribution in [0.25, 0.3) is 10.8 Å². The predicted octanol–water partition coefficient (Wildman–Crippen LogP) is 4.20. The van der Waals surface area contributed by atoms with Gasteiger partial charge in [-0.2, -0.15) is 0 Å². The zero-order valence-corrected chi connectivity index (χ0v) is 11.4. The Bertz CT molecular complexity index is 576. The molecule has 0 N–H and O–H groups in total. The number of Topliss-reactive ketones (excluding diaryl/α,β-unsaturated/α-hetero) is 1. The van der Waals surface area contributed by atoms with Crippen molar-refractivity contribution in [1.82, 2.24) is 0 Å². The Balaban J connectivity index is 2.86. The Morgan fingerprint density at radius 2 is 2.06 bits per heavy atom. The van der Waals surface area contributed by atoms with E-state index in [4.69, 9.17) is 4.74 Å². The molecule has 2 nitrogen and oxygen atoms in total. The maximum atomic E-state index is 12.1. The quantitative estimate of drug-likeness (QED) is 0.793. The third-order valence-electron chi connectivity index (χ3n) is 2.76. The molecule has 0 spiro atoms. The number of hydrogen-bond donors (Lipinski definition) is 0. The van der Waals surface area contributed by atoms with E-state index in [0.717, 1.165) is 15.2 Å². The summed E-state index contributed by atoms with van der Waals surface area (Å²) in [5, 5.41) is 1.98. The summed E-state index contributed by atoms with van der Waals surface area (Å²) in [7, 11) is 1.58. The van der Waals surface area contributed by atoms with Gasteiger partial charge in [0.1, 0.15) is 5.75 Å². The van der Waals surface area contributed by atoms with E-state index in [1.807, 2.05) is 37.3 Å². The fourth-order valence-electron chi connectivity index (χ4n) is 1.95. The van der Waals surface area contributed by atoms with Crippen molar-refractivity contribution in [3.8, 4) is 5.75 Å². The molecule has 3 heteroatoms. The van der Waals surface area contributed by atoms with E-state index in [9.17, 15) is 4.79 Å². The van der Waals surface area contributed by atoms with Crippen molar-refractivity contribution in [1.29, 1.82) is 0 Å². The summed E-state index contributed by atoms with van der Waals surface area (Å²) in [6, 6.07) is 9.81. The molecule has 0 radical (unpaired) electrons. The fraction of sp³-hybridized carbons (Fsp3) is 0.214. The van der Waals surface area contributed by atoms with Crippen LogP contribution in [-0.4, -0.2) is 12.9 Å². The minimum absolute atomic E-state index is 0.0966. The lowest BCUT2D eigenvalue weighted by atomic mass is 9.99. The van der Waals surface area contributed by atoms with E-state index < -0.39 is 0 Å². The summed E-state index contributed by atoms with van der Waals surface area (Å²) in [5.74, 6) is 0.718. The van der Waals surface area contributed by atoms with E-state index in [2.05, 4.69) is 15.9 Å². The van der Waals surface area contributed by atoms with Gasteiger partial charge in [0.05, 0.1) is 17.1 Å². The highest BCUT2D eigenvalue weighted by Gasteiger charge is 2.17. The van der Waals surface area contributed by atoms with Gasteiger partial charge in [0.2, 0.25) is 0 Å². The van der Waals surface area contributed by atoms with Crippen molar-refractivity contribution in [3.05, 3.63) is 40.4 Å². The molecule has 0 aliphatic carbocycles. The van der Waals surface area contributed by atoms with Gasteiger partial charge in [-0.25, -0.2) is 0 Å². The first kappa shape index (κ1) is 12.1. The van der Waals surface area contributed by atoms with Crippen LogP contribution in [0.4, 0.5) is 0 Å². The summed E-state index contributed by atoms with van der Waals surface area (Å²) in [4.78, 5) is 12.1. The van der Waals surface area contributed by atoms with E-state index in [-0.39, 0.29) is 5.78 Å². The first-order chi connectivity index (χ1) is 8.19. The number of fused-ring (bicyclic) bond motifs is 1. The molecule has 2 aromatic rings. The van der Waals surface area contributed by atoms with Crippen molar-refractivity contribution < 1.29 is 9.53 Å². The molecule has 2 aromatic carbocycles. The highest BCUT2D eigenvalue weighted by molar-refractivity contribution is 9.10. The average Bonchev–Trinajstić information content (AvgIpc) is 2.36. The molecule has 0 aliphatic rings. The summed E-state index contributed by atoms with van der Waals surface area (Å²) in [6.45, 7) is 1.86. The van der Waals surface area contributed by atoms with Crippen LogP contribution in [0.5, 0.6) is 5.75 Å². The number of rotatable bonds is 3. The number of benzene rings is 2. The zero-order chi connectivity index (χ0) is 12.4. The molecule has 0 heterocycles. The molecule has 2 rings (SSSR count). The monoisotopic (exact) mass is 292 g/mol. The minimum Gasteiger partial charge on any atom is -0.495 e. The second-order valence-electron chi connectivity index (χ2n) is 3.76. The second kappa shape index (κ2) is 4.88. The van der Waals surface area contributed by atoms with Crippen LogP contribution in [-0.2, 0) is 0 Å². The molecular weight excluding hydrogens is 280 g/mol. The molecule has 0 atom stereocenters. The summed E-state index contributed by atoms with van der Waals surface area (Å²) < 4.78 is 6.15. The van der Waals surface area contributed by atoms with Crippen LogP contribution in [0, 0.1) is 0 Å². The Morgan fingerprint density at radius 3 is 2.71 bits per heavy atom. The Morgan fingerprint density at radius 1 is 1.35 bits per heavy atom. The number of carbonyl (C=O) groups excluding carboxylic acids is 1. The van der Waals surface area contributed by atoms with Crippen molar-refractivity contribution in [2.45, 2.75) is 13.3 Å². The van der Waals surface area contributed by atoms with Gasteiger partial charge in [0, 0.05) is 6.42 Å². The van der Waals surface area contributed by atoms with Gasteiger partial charge < -0.3 is 4.74 Å². The molecular formula is C14H13BrO2. The van der Waals surface area contributed by atoms with Crippen LogP contribution in [0.1, 0.15) is 23.7 Å². The number of methoxy groups -OCH3 is 1. The molecule has 0 saturated heterocycles.